The van der Waals surface area contributed by atoms with Crippen LogP contribution >= 0.6 is 22.6 Å². The third-order valence-electron chi connectivity index (χ3n) is 0.507. The normalized spacial score (nSPS) is 14.5. The van der Waals surface area contributed by atoms with Gasteiger partial charge in [-0.2, -0.15) is 0 Å². The zero-order chi connectivity index (χ0) is 4.99. The molecule has 0 amide bonds. The summed E-state index contributed by atoms with van der Waals surface area (Å²) in [7, 11) is 0. The van der Waals surface area contributed by atoms with Crippen LogP contribution < -0.4 is 0 Å². The first-order valence-electron chi connectivity index (χ1n) is 1.97. The van der Waals surface area contributed by atoms with Crippen LogP contribution in [0.4, 0.5) is 4.39 Å². The molecule has 0 aromatic carbocycles. The van der Waals surface area contributed by atoms with E-state index in [2.05, 4.69) is 22.6 Å². The number of halogens is 2. The second kappa shape index (κ2) is 3.84. The first-order valence-corrected chi connectivity index (χ1v) is 3.50. The summed E-state index contributed by atoms with van der Waals surface area (Å²) >= 11 is 2.16. The predicted octanol–water partition coefficient (Wildman–Crippen LogP) is 2.17. The molecule has 38 valence electrons. The average Bonchev–Trinajstić information content (AvgIpc) is 1.35. The SMILES string of the molecule is C[C@H](F)CCI. The molecule has 0 bridgehead atoms. The Kier molecular flexibility index (Phi) is 4.26. The first-order chi connectivity index (χ1) is 2.77. The van der Waals surface area contributed by atoms with Crippen molar-refractivity contribution < 1.29 is 4.39 Å². The first kappa shape index (κ1) is 6.66. The van der Waals surface area contributed by atoms with E-state index >= 15 is 0 Å². The van der Waals surface area contributed by atoms with Crippen LogP contribution in [0, 0.1) is 0 Å². The maximum atomic E-state index is 11.7. The van der Waals surface area contributed by atoms with E-state index in [-0.39, 0.29) is 0 Å². The van der Waals surface area contributed by atoms with Gasteiger partial charge in [-0.15, -0.1) is 0 Å². The van der Waals surface area contributed by atoms with Crippen LogP contribution in [-0.2, 0) is 0 Å². The Morgan fingerprint density at radius 3 is 2.33 bits per heavy atom. The summed E-state index contributed by atoms with van der Waals surface area (Å²) in [5, 5.41) is 0. The Balaban J connectivity index is 2.63. The van der Waals surface area contributed by atoms with Gasteiger partial charge in [0.1, 0.15) is 0 Å². The molecule has 0 rings (SSSR count). The zero-order valence-corrected chi connectivity index (χ0v) is 5.90. The van der Waals surface area contributed by atoms with Crippen molar-refractivity contribution in [1.82, 2.24) is 0 Å². The molecule has 0 N–H and O–H groups in total. The molecule has 0 aromatic heterocycles. The van der Waals surface area contributed by atoms with E-state index in [1.54, 1.807) is 6.92 Å². The lowest BCUT2D eigenvalue weighted by atomic mass is 10.3. The smallest absolute Gasteiger partial charge is 0.0980 e. The molecule has 0 aromatic rings. The van der Waals surface area contributed by atoms with Crippen LogP contribution in [0.5, 0.6) is 0 Å². The molecule has 0 saturated carbocycles. The second-order valence-electron chi connectivity index (χ2n) is 1.26. The molecule has 0 radical (unpaired) electrons. The molecule has 6 heavy (non-hydrogen) atoms. The van der Waals surface area contributed by atoms with Crippen molar-refractivity contribution in [1.29, 1.82) is 0 Å². The summed E-state index contributed by atoms with van der Waals surface area (Å²) in [6, 6.07) is 0. The number of alkyl halides is 2. The summed E-state index contributed by atoms with van der Waals surface area (Å²) in [5.41, 5.74) is 0. The molecule has 1 atom stereocenters. The lowest BCUT2D eigenvalue weighted by Gasteiger charge is -1.90. The van der Waals surface area contributed by atoms with Gasteiger partial charge in [0.25, 0.3) is 0 Å². The van der Waals surface area contributed by atoms with Gasteiger partial charge in [0.15, 0.2) is 0 Å². The number of rotatable bonds is 2. The highest BCUT2D eigenvalue weighted by molar-refractivity contribution is 14.1. The summed E-state index contributed by atoms with van der Waals surface area (Å²) in [6.45, 7) is 1.58. The lowest BCUT2D eigenvalue weighted by molar-refractivity contribution is 0.356. The Hall–Kier alpha value is 0.660. The van der Waals surface area contributed by atoms with E-state index in [1.165, 1.54) is 0 Å². The summed E-state index contributed by atoms with van der Waals surface area (Å²) < 4.78 is 12.6. The van der Waals surface area contributed by atoms with Gasteiger partial charge in [-0.3, -0.25) is 0 Å². The van der Waals surface area contributed by atoms with Gasteiger partial charge in [0, 0.05) is 4.43 Å². The molecular formula is C4H8FI. The highest BCUT2D eigenvalue weighted by Gasteiger charge is 1.91. The molecule has 0 fully saturated rings. The van der Waals surface area contributed by atoms with Gasteiger partial charge in [-0.05, 0) is 13.3 Å². The molecule has 0 unspecified atom stereocenters. The van der Waals surface area contributed by atoms with Gasteiger partial charge in [0.05, 0.1) is 6.17 Å². The van der Waals surface area contributed by atoms with E-state index in [1.807, 2.05) is 0 Å². The molecule has 0 spiro atoms. The molecule has 0 nitrogen and oxygen atoms in total. The molecular weight excluding hydrogens is 194 g/mol. The molecule has 0 aliphatic carbocycles. The van der Waals surface area contributed by atoms with Crippen LogP contribution in [0.15, 0.2) is 0 Å². The molecule has 0 heterocycles. The Morgan fingerprint density at radius 2 is 2.33 bits per heavy atom. The number of hydrogen-bond acceptors (Lipinski definition) is 0. The van der Waals surface area contributed by atoms with E-state index in [4.69, 9.17) is 0 Å². The Bertz CT molecular complexity index is 28.7. The maximum absolute atomic E-state index is 11.7. The fourth-order valence-corrected chi connectivity index (χ4v) is 1.01. The fraction of sp³-hybridized carbons (Fsp3) is 1.00. The van der Waals surface area contributed by atoms with Gasteiger partial charge < -0.3 is 0 Å². The van der Waals surface area contributed by atoms with Gasteiger partial charge in [-0.25, -0.2) is 4.39 Å². The van der Waals surface area contributed by atoms with Crippen LogP contribution in [-0.4, -0.2) is 10.6 Å². The van der Waals surface area contributed by atoms with Crippen molar-refractivity contribution in [3.8, 4) is 0 Å². The molecule has 0 aliphatic rings. The highest BCUT2D eigenvalue weighted by Crippen LogP contribution is 1.97. The van der Waals surface area contributed by atoms with E-state index < -0.39 is 6.17 Å². The minimum absolute atomic E-state index is 0.609. The van der Waals surface area contributed by atoms with Crippen LogP contribution in [0.1, 0.15) is 13.3 Å². The van der Waals surface area contributed by atoms with Crippen LogP contribution in [0.2, 0.25) is 0 Å². The standard InChI is InChI=1S/C4H8FI/c1-4(5)2-3-6/h4H,2-3H2,1H3/t4-/m0/s1. The quantitative estimate of drug-likeness (QED) is 0.475. The van der Waals surface area contributed by atoms with E-state index in [9.17, 15) is 4.39 Å². The van der Waals surface area contributed by atoms with E-state index in [0.29, 0.717) is 6.42 Å². The molecule has 0 aliphatic heterocycles. The largest absolute Gasteiger partial charge is 0.248 e. The lowest BCUT2D eigenvalue weighted by Crippen LogP contribution is -1.90. The topological polar surface area (TPSA) is 0 Å². The fourth-order valence-electron chi connectivity index (χ4n) is 0.150. The Morgan fingerprint density at radius 1 is 1.83 bits per heavy atom. The second-order valence-corrected chi connectivity index (χ2v) is 2.34. The highest BCUT2D eigenvalue weighted by atomic mass is 127. The van der Waals surface area contributed by atoms with Crippen molar-refractivity contribution in [3.63, 3.8) is 0 Å². The molecule has 2 heteroatoms. The summed E-state index contributed by atoms with van der Waals surface area (Å²) in [6.07, 6.45) is 0.0856. The minimum atomic E-state index is -0.609. The van der Waals surface area contributed by atoms with Crippen molar-refractivity contribution in [2.75, 3.05) is 4.43 Å². The van der Waals surface area contributed by atoms with Gasteiger partial charge >= 0.3 is 0 Å². The molecule has 0 saturated heterocycles. The Labute approximate surface area is 51.3 Å². The van der Waals surface area contributed by atoms with Crippen LogP contribution in [0.3, 0.4) is 0 Å². The monoisotopic (exact) mass is 202 g/mol. The van der Waals surface area contributed by atoms with Crippen molar-refractivity contribution >= 4 is 22.6 Å². The van der Waals surface area contributed by atoms with Crippen molar-refractivity contribution in [2.24, 2.45) is 0 Å². The van der Waals surface area contributed by atoms with Gasteiger partial charge in [0.2, 0.25) is 0 Å². The van der Waals surface area contributed by atoms with E-state index in [0.717, 1.165) is 4.43 Å². The minimum Gasteiger partial charge on any atom is -0.248 e. The predicted molar refractivity (Wildman–Crippen MR) is 34.1 cm³/mol. The summed E-state index contributed by atoms with van der Waals surface area (Å²) in [5.74, 6) is 0. The van der Waals surface area contributed by atoms with Crippen molar-refractivity contribution in [3.05, 3.63) is 0 Å². The number of hydrogen-bond donors (Lipinski definition) is 0. The average molecular weight is 202 g/mol. The third kappa shape index (κ3) is 4.66. The zero-order valence-electron chi connectivity index (χ0n) is 3.75. The maximum Gasteiger partial charge on any atom is 0.0980 e. The summed E-state index contributed by atoms with van der Waals surface area (Å²) in [4.78, 5) is 0. The van der Waals surface area contributed by atoms with Crippen LogP contribution in [0.25, 0.3) is 0 Å². The third-order valence-corrected chi connectivity index (χ3v) is 1.13. The van der Waals surface area contributed by atoms with Crippen molar-refractivity contribution in [2.45, 2.75) is 19.5 Å². The van der Waals surface area contributed by atoms with Gasteiger partial charge in [-0.1, -0.05) is 22.6 Å².